The van der Waals surface area contributed by atoms with Gasteiger partial charge in [0, 0.05) is 0 Å². The van der Waals surface area contributed by atoms with Crippen LogP contribution < -0.4 is 0 Å². The molecule has 0 heterocycles. The van der Waals surface area contributed by atoms with Gasteiger partial charge in [0.1, 0.15) is 0 Å². The van der Waals surface area contributed by atoms with Gasteiger partial charge in [0.05, 0.1) is 6.10 Å². The molecule has 0 spiro atoms. The molecule has 1 aliphatic rings. The molecule has 1 N–H and O–H groups in total. The van der Waals surface area contributed by atoms with E-state index in [4.69, 9.17) is 0 Å². The highest BCUT2D eigenvalue weighted by Gasteiger charge is 2.18. The van der Waals surface area contributed by atoms with Gasteiger partial charge in [-0.1, -0.05) is 77.1 Å². The van der Waals surface area contributed by atoms with E-state index in [2.05, 4.69) is 45.0 Å². The molecule has 2 rings (SSSR count). The van der Waals surface area contributed by atoms with Crippen molar-refractivity contribution in [2.24, 2.45) is 5.92 Å². The molecule has 0 aliphatic heterocycles. The molecule has 0 amide bonds. The van der Waals surface area contributed by atoms with Crippen LogP contribution in [0.4, 0.5) is 0 Å². The second kappa shape index (κ2) is 6.76. The van der Waals surface area contributed by atoms with E-state index in [0.717, 1.165) is 18.8 Å². The van der Waals surface area contributed by atoms with E-state index < -0.39 is 0 Å². The quantitative estimate of drug-likeness (QED) is 0.831. The SMILES string of the molecule is CC(C)(C)c1ccc(CC(O)CC2CCCCC2)cc1. The van der Waals surface area contributed by atoms with E-state index in [1.165, 1.54) is 43.2 Å². The first kappa shape index (κ1) is 15.6. The van der Waals surface area contributed by atoms with Gasteiger partial charge in [-0.3, -0.25) is 0 Å². The van der Waals surface area contributed by atoms with Crippen molar-refractivity contribution in [1.82, 2.24) is 0 Å². The van der Waals surface area contributed by atoms with Gasteiger partial charge < -0.3 is 5.11 Å². The average Bonchev–Trinajstić information content (AvgIpc) is 2.39. The third-order valence-corrected chi connectivity index (χ3v) is 4.62. The molecule has 1 aromatic rings. The van der Waals surface area contributed by atoms with Crippen molar-refractivity contribution < 1.29 is 5.11 Å². The third-order valence-electron chi connectivity index (χ3n) is 4.62. The highest BCUT2D eigenvalue weighted by molar-refractivity contribution is 5.27. The van der Waals surface area contributed by atoms with Crippen molar-refractivity contribution >= 4 is 0 Å². The van der Waals surface area contributed by atoms with E-state index in [9.17, 15) is 5.11 Å². The summed E-state index contributed by atoms with van der Waals surface area (Å²) < 4.78 is 0. The standard InChI is InChI=1S/C19H30O/c1-19(2,3)17-11-9-16(10-12-17)14-18(20)13-15-7-5-4-6-8-15/h9-12,15,18,20H,4-8,13-14H2,1-3H3. The smallest absolute Gasteiger partial charge is 0.0583 e. The van der Waals surface area contributed by atoms with Gasteiger partial charge >= 0.3 is 0 Å². The molecular weight excluding hydrogens is 244 g/mol. The molecule has 1 aromatic carbocycles. The predicted octanol–water partition coefficient (Wildman–Crippen LogP) is 4.86. The third kappa shape index (κ3) is 4.63. The number of aliphatic hydroxyl groups excluding tert-OH is 1. The van der Waals surface area contributed by atoms with Gasteiger partial charge in [-0.15, -0.1) is 0 Å². The summed E-state index contributed by atoms with van der Waals surface area (Å²) in [5.41, 5.74) is 2.84. The Morgan fingerprint density at radius 1 is 1.05 bits per heavy atom. The van der Waals surface area contributed by atoms with Crippen LogP contribution in [0.5, 0.6) is 0 Å². The summed E-state index contributed by atoms with van der Waals surface area (Å²) in [6, 6.07) is 8.79. The summed E-state index contributed by atoms with van der Waals surface area (Å²) in [7, 11) is 0. The van der Waals surface area contributed by atoms with Gasteiger partial charge in [-0.2, -0.15) is 0 Å². The van der Waals surface area contributed by atoms with Crippen molar-refractivity contribution in [3.05, 3.63) is 35.4 Å². The van der Waals surface area contributed by atoms with Gasteiger partial charge in [0.25, 0.3) is 0 Å². The lowest BCUT2D eigenvalue weighted by Crippen LogP contribution is -2.18. The fourth-order valence-electron chi connectivity index (χ4n) is 3.30. The molecule has 1 saturated carbocycles. The minimum Gasteiger partial charge on any atom is -0.393 e. The van der Waals surface area contributed by atoms with Gasteiger partial charge in [0.15, 0.2) is 0 Å². The topological polar surface area (TPSA) is 20.2 Å². The fraction of sp³-hybridized carbons (Fsp3) is 0.684. The van der Waals surface area contributed by atoms with Crippen molar-refractivity contribution in [2.75, 3.05) is 0 Å². The van der Waals surface area contributed by atoms with Crippen LogP contribution in [-0.4, -0.2) is 11.2 Å². The predicted molar refractivity (Wildman–Crippen MR) is 86.0 cm³/mol. The number of hydrogen-bond donors (Lipinski definition) is 1. The zero-order chi connectivity index (χ0) is 14.6. The maximum absolute atomic E-state index is 10.3. The first-order valence-corrected chi connectivity index (χ1v) is 8.22. The highest BCUT2D eigenvalue weighted by atomic mass is 16.3. The first-order chi connectivity index (χ1) is 9.45. The first-order valence-electron chi connectivity index (χ1n) is 8.22. The molecule has 0 aromatic heterocycles. The number of hydrogen-bond acceptors (Lipinski definition) is 1. The molecule has 1 unspecified atom stereocenters. The van der Waals surface area contributed by atoms with Crippen LogP contribution in [0.2, 0.25) is 0 Å². The molecule has 0 saturated heterocycles. The van der Waals surface area contributed by atoms with Crippen LogP contribution in [0, 0.1) is 5.92 Å². The normalized spacial score (nSPS) is 19.0. The minimum atomic E-state index is -0.168. The Bertz CT molecular complexity index is 393. The second-order valence-corrected chi connectivity index (χ2v) is 7.54. The lowest BCUT2D eigenvalue weighted by atomic mass is 9.84. The number of aliphatic hydroxyl groups is 1. The largest absolute Gasteiger partial charge is 0.393 e. The molecule has 0 radical (unpaired) electrons. The summed E-state index contributed by atoms with van der Waals surface area (Å²) in [4.78, 5) is 0. The lowest BCUT2D eigenvalue weighted by molar-refractivity contribution is 0.130. The van der Waals surface area contributed by atoms with Crippen LogP contribution in [0.1, 0.15) is 70.4 Å². The molecule has 112 valence electrons. The van der Waals surface area contributed by atoms with Crippen molar-refractivity contribution in [2.45, 2.75) is 77.2 Å². The second-order valence-electron chi connectivity index (χ2n) is 7.54. The monoisotopic (exact) mass is 274 g/mol. The van der Waals surface area contributed by atoms with Gasteiger partial charge in [-0.05, 0) is 35.3 Å². The Labute approximate surface area is 124 Å². The minimum absolute atomic E-state index is 0.168. The van der Waals surface area contributed by atoms with Gasteiger partial charge in [0.2, 0.25) is 0 Å². The summed E-state index contributed by atoms with van der Waals surface area (Å²) in [6.45, 7) is 6.71. The zero-order valence-electron chi connectivity index (χ0n) is 13.4. The van der Waals surface area contributed by atoms with Gasteiger partial charge in [-0.25, -0.2) is 0 Å². The van der Waals surface area contributed by atoms with E-state index in [-0.39, 0.29) is 11.5 Å². The van der Waals surface area contributed by atoms with E-state index in [1.807, 2.05) is 0 Å². The molecular formula is C19H30O. The Kier molecular flexibility index (Phi) is 5.26. The van der Waals surface area contributed by atoms with Crippen molar-refractivity contribution in [1.29, 1.82) is 0 Å². The molecule has 0 bridgehead atoms. The fourth-order valence-corrected chi connectivity index (χ4v) is 3.30. The van der Waals surface area contributed by atoms with Crippen LogP contribution in [0.3, 0.4) is 0 Å². The average molecular weight is 274 g/mol. The Balaban J connectivity index is 1.86. The maximum atomic E-state index is 10.3. The highest BCUT2D eigenvalue weighted by Crippen LogP contribution is 2.28. The molecule has 1 fully saturated rings. The van der Waals surface area contributed by atoms with Crippen LogP contribution >= 0.6 is 0 Å². The van der Waals surface area contributed by atoms with E-state index >= 15 is 0 Å². The molecule has 20 heavy (non-hydrogen) atoms. The van der Waals surface area contributed by atoms with E-state index in [0.29, 0.717) is 0 Å². The van der Waals surface area contributed by atoms with Crippen molar-refractivity contribution in [3.63, 3.8) is 0 Å². The number of benzene rings is 1. The summed E-state index contributed by atoms with van der Waals surface area (Å²) in [6.07, 6.45) is 8.37. The van der Waals surface area contributed by atoms with Crippen LogP contribution in [-0.2, 0) is 11.8 Å². The van der Waals surface area contributed by atoms with E-state index in [1.54, 1.807) is 0 Å². The lowest BCUT2D eigenvalue weighted by Gasteiger charge is -2.24. The maximum Gasteiger partial charge on any atom is 0.0583 e. The summed E-state index contributed by atoms with van der Waals surface area (Å²) >= 11 is 0. The van der Waals surface area contributed by atoms with Crippen LogP contribution in [0.25, 0.3) is 0 Å². The Hall–Kier alpha value is -0.820. The summed E-state index contributed by atoms with van der Waals surface area (Å²) in [5.74, 6) is 0.757. The number of rotatable bonds is 4. The molecule has 1 heteroatoms. The Morgan fingerprint density at radius 2 is 1.65 bits per heavy atom. The zero-order valence-corrected chi connectivity index (χ0v) is 13.4. The Morgan fingerprint density at radius 3 is 2.20 bits per heavy atom. The van der Waals surface area contributed by atoms with Crippen LogP contribution in [0.15, 0.2) is 24.3 Å². The van der Waals surface area contributed by atoms with Crippen molar-refractivity contribution in [3.8, 4) is 0 Å². The molecule has 1 atom stereocenters. The molecule has 1 aliphatic carbocycles. The molecule has 1 nitrogen and oxygen atoms in total. The summed E-state index contributed by atoms with van der Waals surface area (Å²) in [5, 5.41) is 10.3.